The van der Waals surface area contributed by atoms with Gasteiger partial charge in [0.1, 0.15) is 0 Å². The average molecular weight is 206 g/mol. The van der Waals surface area contributed by atoms with Crippen molar-refractivity contribution in [2.24, 2.45) is 0 Å². The molecule has 0 aliphatic heterocycles. The van der Waals surface area contributed by atoms with Gasteiger partial charge in [-0.1, -0.05) is 0 Å². The Balaban J connectivity index is 0. The Morgan fingerprint density at radius 1 is 1.25 bits per heavy atom. The minimum absolute atomic E-state index is 0. The summed E-state index contributed by atoms with van der Waals surface area (Å²) in [6.07, 6.45) is 0. The second kappa shape index (κ2) is 15.7. The molecule has 0 nitrogen and oxygen atoms in total. The first-order valence-electron chi connectivity index (χ1n) is 0. The van der Waals surface area contributed by atoms with Crippen molar-refractivity contribution in [1.29, 1.82) is 0 Å². The zero-order chi connectivity index (χ0) is 0. The second-order valence-corrected chi connectivity index (χ2v) is 0. The smallest absolute Gasteiger partial charge is 1.00 e. The maximum Gasteiger partial charge on any atom is 1.00 e. The molecular weight excluding hydrogens is 202 g/mol. The molecule has 0 radical (unpaired) electrons. The normalized spacial score (nSPS) is 0. The van der Waals surface area contributed by atoms with Gasteiger partial charge in [0, 0.05) is 0 Å². The van der Waals surface area contributed by atoms with Crippen molar-refractivity contribution in [3.05, 3.63) is 0 Å². The summed E-state index contributed by atoms with van der Waals surface area (Å²) in [6, 6.07) is 0. The molecule has 0 aromatic rings. The summed E-state index contributed by atoms with van der Waals surface area (Å²) in [5, 5.41) is 0. The topological polar surface area (TPSA) is 0 Å². The summed E-state index contributed by atoms with van der Waals surface area (Å²) in [5.41, 5.74) is 0. The molecule has 0 heterocycles. The Morgan fingerprint density at radius 2 is 1.25 bits per heavy atom. The molecule has 0 bridgehead atoms. The fourth-order valence-electron chi connectivity index (χ4n) is 0. The van der Waals surface area contributed by atoms with Crippen molar-refractivity contribution < 1.29 is 174 Å². The average Bonchev–Trinajstić information content (AvgIpc) is 0. The van der Waals surface area contributed by atoms with Gasteiger partial charge in [0.25, 0.3) is 0 Å². The molecule has 4 heavy (non-hydrogen) atoms. The maximum absolute atomic E-state index is 0. The van der Waals surface area contributed by atoms with Gasteiger partial charge in [0.15, 0.2) is 0 Å². The van der Waals surface area contributed by atoms with E-state index in [1.165, 1.54) is 0 Å². The first kappa shape index (κ1) is 22.8. The maximum atomic E-state index is 0. The van der Waals surface area contributed by atoms with Gasteiger partial charge in [0.05, 0.1) is 0 Å². The molecule has 0 aliphatic rings. The monoisotopic (exact) mass is 206 g/mol. The predicted molar refractivity (Wildman–Crippen MR) is 4.45 cm³/mol. The van der Waals surface area contributed by atoms with E-state index in [1.807, 2.05) is 0 Å². The molecule has 0 atom stereocenters. The Hall–Kier alpha value is 5.29. The molecule has 0 unspecified atom stereocenters. The molecule has 0 spiro atoms. The van der Waals surface area contributed by atoms with Crippen LogP contribution >= 0.6 is 0 Å². The van der Waals surface area contributed by atoms with Crippen LogP contribution in [-0.4, -0.2) is 0 Å². The van der Waals surface area contributed by atoms with E-state index in [0.29, 0.717) is 0 Å². The van der Waals surface area contributed by atoms with E-state index < -0.39 is 0 Å². The first-order valence-corrected chi connectivity index (χ1v) is 0. The van der Waals surface area contributed by atoms with Gasteiger partial charge in [-0.25, -0.2) is 0 Å². The third kappa shape index (κ3) is 10.3. The van der Waals surface area contributed by atoms with Crippen molar-refractivity contribution >= 4 is 0 Å². The van der Waals surface area contributed by atoms with Crippen LogP contribution in [0.1, 0.15) is 5.71 Å². The summed E-state index contributed by atoms with van der Waals surface area (Å²) in [5.74, 6) is 0. The summed E-state index contributed by atoms with van der Waals surface area (Å²) in [7, 11) is 0. The van der Waals surface area contributed by atoms with Crippen LogP contribution in [0.2, 0.25) is 0 Å². The molecule has 0 saturated carbocycles. The molecule has 0 fully saturated rings. The Kier molecular flexibility index (Phi) is 89.8. The zero-order valence-electron chi connectivity index (χ0n) is 8.00. The van der Waals surface area contributed by atoms with Crippen molar-refractivity contribution in [2.75, 3.05) is 0 Å². The van der Waals surface area contributed by atoms with Crippen LogP contribution < -0.4 is 169 Å². The second-order valence-electron chi connectivity index (χ2n) is 0. The summed E-state index contributed by atoms with van der Waals surface area (Å²) < 4.78 is 0. The van der Waals surface area contributed by atoms with Crippen LogP contribution in [0.15, 0.2) is 0 Å². The van der Waals surface area contributed by atoms with Crippen molar-refractivity contribution in [2.45, 2.75) is 0 Å². The van der Waals surface area contributed by atoms with Gasteiger partial charge in [0.2, 0.25) is 0 Å². The largest absolute Gasteiger partial charge is 1.00 e. The summed E-state index contributed by atoms with van der Waals surface area (Å²) in [4.78, 5) is 0. The summed E-state index contributed by atoms with van der Waals surface area (Å²) >= 11 is 0. The van der Waals surface area contributed by atoms with Gasteiger partial charge < -0.3 is 5.71 Å². The molecule has 4 heteroatoms. The van der Waals surface area contributed by atoms with Crippen LogP contribution in [-0.2, 0) is 0 Å². The number of hydrogen-bond donors (Lipinski definition) is 0. The van der Waals surface area contributed by atoms with E-state index in [-0.39, 0.29) is 174 Å². The van der Waals surface area contributed by atoms with E-state index in [1.54, 1.807) is 0 Å². The van der Waals surface area contributed by atoms with Gasteiger partial charge in [-0.05, 0) is 0 Å². The van der Waals surface area contributed by atoms with E-state index >= 15 is 0 Å². The van der Waals surface area contributed by atoms with Crippen LogP contribution in [0.5, 0.6) is 0 Å². The van der Waals surface area contributed by atoms with E-state index in [4.69, 9.17) is 0 Å². The molecule has 0 rings (SSSR count). The van der Waals surface area contributed by atoms with Gasteiger partial charge >= 0.3 is 169 Å². The third-order valence-corrected chi connectivity index (χ3v) is 0. The van der Waals surface area contributed by atoms with Crippen LogP contribution in [0.3, 0.4) is 0 Å². The third-order valence-electron chi connectivity index (χ3n) is 0. The Labute approximate surface area is 168 Å². The molecule has 0 aromatic heterocycles. The van der Waals surface area contributed by atoms with Crippen LogP contribution in [0.4, 0.5) is 0 Å². The number of rotatable bonds is 0. The standard InChI is InChI=1S/Cs.K.Li.Na.4H/q4*+1;4*-1. The van der Waals surface area contributed by atoms with E-state index in [2.05, 4.69) is 0 Å². The molecule has 0 saturated heterocycles. The first-order chi connectivity index (χ1) is 0. The van der Waals surface area contributed by atoms with Crippen molar-refractivity contribution in [3.8, 4) is 0 Å². The van der Waals surface area contributed by atoms with E-state index in [0.717, 1.165) is 0 Å². The fourth-order valence-corrected chi connectivity index (χ4v) is 0. The minimum Gasteiger partial charge on any atom is -1.00 e. The SMILES string of the molecule is [Cs+].[H-].[H-].[H-].[H-].[K+].[Li+].[Na+]. The molecular formula is H4CsKLiNa. The zero-order valence-corrected chi connectivity index (χ0v) is 15.4. The molecule has 0 amide bonds. The predicted octanol–water partition coefficient (Wildman–Crippen LogP) is -11.5. The number of hydrogen-bond acceptors (Lipinski definition) is 0. The Bertz CT molecular complexity index is 16.0. The summed E-state index contributed by atoms with van der Waals surface area (Å²) in [6.45, 7) is 0. The van der Waals surface area contributed by atoms with Crippen molar-refractivity contribution in [1.82, 2.24) is 0 Å². The van der Waals surface area contributed by atoms with Gasteiger partial charge in [-0.3, -0.25) is 0 Å². The van der Waals surface area contributed by atoms with Crippen LogP contribution in [0.25, 0.3) is 0 Å². The van der Waals surface area contributed by atoms with Gasteiger partial charge in [-0.15, -0.1) is 0 Å². The van der Waals surface area contributed by atoms with Crippen molar-refractivity contribution in [3.63, 3.8) is 0 Å². The van der Waals surface area contributed by atoms with E-state index in [9.17, 15) is 0 Å². The molecule has 0 N–H and O–H groups in total. The van der Waals surface area contributed by atoms with Crippen LogP contribution in [0, 0.1) is 0 Å². The molecule has 0 aliphatic carbocycles. The minimum atomic E-state index is 0. The Morgan fingerprint density at radius 3 is 1.25 bits per heavy atom. The molecule has 8 valence electrons. The molecule has 0 aromatic carbocycles. The quantitative estimate of drug-likeness (QED) is 0.345. The fraction of sp³-hybridized carbons (Fsp3) is 0. The van der Waals surface area contributed by atoms with Gasteiger partial charge in [-0.2, -0.15) is 0 Å².